The maximum atomic E-state index is 12.8. The van der Waals surface area contributed by atoms with Gasteiger partial charge < -0.3 is 10.6 Å². The highest BCUT2D eigenvalue weighted by molar-refractivity contribution is 6.34. The number of amides is 3. The molecular formula is C22H23N3O3. The number of benzene rings is 2. The minimum Gasteiger partial charge on any atom is -0.352 e. The quantitative estimate of drug-likeness (QED) is 0.786. The van der Waals surface area contributed by atoms with Crippen LogP contribution in [0.1, 0.15) is 56.8 Å². The molecule has 4 rings (SSSR count). The molecule has 2 aliphatic heterocycles. The highest BCUT2D eigenvalue weighted by atomic mass is 16.2. The van der Waals surface area contributed by atoms with Gasteiger partial charge in [0, 0.05) is 18.2 Å². The normalized spacial score (nSPS) is 18.9. The van der Waals surface area contributed by atoms with E-state index in [2.05, 4.69) is 10.6 Å². The van der Waals surface area contributed by atoms with Crippen molar-refractivity contribution in [3.8, 4) is 0 Å². The minimum atomic E-state index is -0.396. The van der Waals surface area contributed by atoms with Crippen molar-refractivity contribution in [3.63, 3.8) is 0 Å². The van der Waals surface area contributed by atoms with Gasteiger partial charge >= 0.3 is 0 Å². The van der Waals surface area contributed by atoms with Crippen molar-refractivity contribution in [1.29, 1.82) is 0 Å². The summed E-state index contributed by atoms with van der Waals surface area (Å²) in [4.78, 5) is 39.0. The lowest BCUT2D eigenvalue weighted by molar-refractivity contribution is 0.0923. The topological polar surface area (TPSA) is 78.5 Å². The lowest BCUT2D eigenvalue weighted by Crippen LogP contribution is -2.37. The van der Waals surface area contributed by atoms with Gasteiger partial charge in [0.25, 0.3) is 17.7 Å². The van der Waals surface area contributed by atoms with E-state index in [0.29, 0.717) is 29.4 Å². The molecule has 6 nitrogen and oxygen atoms in total. The van der Waals surface area contributed by atoms with Crippen molar-refractivity contribution in [2.75, 3.05) is 18.0 Å². The average molecular weight is 377 g/mol. The lowest BCUT2D eigenvalue weighted by atomic mass is 10.0. The van der Waals surface area contributed by atoms with Crippen LogP contribution in [0.15, 0.2) is 48.5 Å². The molecule has 2 aromatic carbocycles. The number of anilines is 1. The van der Waals surface area contributed by atoms with Gasteiger partial charge in [-0.25, -0.2) is 4.90 Å². The van der Waals surface area contributed by atoms with E-state index in [4.69, 9.17) is 0 Å². The summed E-state index contributed by atoms with van der Waals surface area (Å²) in [5, 5.41) is 6.38. The zero-order chi connectivity index (χ0) is 19.5. The number of nitrogens with zero attached hydrogens (tertiary/aromatic N) is 1. The van der Waals surface area contributed by atoms with E-state index >= 15 is 0 Å². The van der Waals surface area contributed by atoms with Gasteiger partial charge in [-0.05, 0) is 56.1 Å². The van der Waals surface area contributed by atoms with Crippen molar-refractivity contribution in [1.82, 2.24) is 10.6 Å². The van der Waals surface area contributed by atoms with E-state index in [9.17, 15) is 14.4 Å². The molecule has 0 saturated carbocycles. The first kappa shape index (κ1) is 18.4. The number of hydrogen-bond acceptors (Lipinski definition) is 4. The number of hydrogen-bond donors (Lipinski definition) is 2. The maximum Gasteiger partial charge on any atom is 0.266 e. The SMILES string of the molecule is O=C(NCCC1CCCCN1)c1ccc2c(c1)C(=O)N(c1ccccc1)C2=O. The molecule has 2 aromatic rings. The molecule has 3 amide bonds. The summed E-state index contributed by atoms with van der Waals surface area (Å²) in [6.07, 6.45) is 4.46. The fourth-order valence-corrected chi connectivity index (χ4v) is 3.83. The summed E-state index contributed by atoms with van der Waals surface area (Å²) >= 11 is 0. The van der Waals surface area contributed by atoms with E-state index in [1.165, 1.54) is 18.9 Å². The van der Waals surface area contributed by atoms with Crippen molar-refractivity contribution in [2.45, 2.75) is 31.7 Å². The van der Waals surface area contributed by atoms with Crippen LogP contribution in [-0.2, 0) is 0 Å². The Kier molecular flexibility index (Phi) is 5.21. The molecule has 0 radical (unpaired) electrons. The molecule has 1 unspecified atom stereocenters. The zero-order valence-electron chi connectivity index (χ0n) is 15.6. The van der Waals surface area contributed by atoms with E-state index in [-0.39, 0.29) is 17.4 Å². The third-order valence-corrected chi connectivity index (χ3v) is 5.35. The van der Waals surface area contributed by atoms with Crippen LogP contribution in [0.3, 0.4) is 0 Å². The number of piperidine rings is 1. The first-order valence-electron chi connectivity index (χ1n) is 9.74. The fraction of sp³-hybridized carbons (Fsp3) is 0.318. The predicted octanol–water partition coefficient (Wildman–Crippen LogP) is 2.75. The zero-order valence-corrected chi connectivity index (χ0v) is 15.6. The van der Waals surface area contributed by atoms with Crippen LogP contribution in [0.25, 0.3) is 0 Å². The lowest BCUT2D eigenvalue weighted by Gasteiger charge is -2.23. The smallest absolute Gasteiger partial charge is 0.266 e. The summed E-state index contributed by atoms with van der Waals surface area (Å²) < 4.78 is 0. The Balaban J connectivity index is 1.44. The first-order chi connectivity index (χ1) is 13.6. The van der Waals surface area contributed by atoms with Crippen LogP contribution >= 0.6 is 0 Å². The number of fused-ring (bicyclic) bond motifs is 1. The van der Waals surface area contributed by atoms with Crippen LogP contribution in [0.4, 0.5) is 5.69 Å². The monoisotopic (exact) mass is 377 g/mol. The van der Waals surface area contributed by atoms with Gasteiger partial charge in [0.15, 0.2) is 0 Å². The standard InChI is InChI=1S/C22H23N3O3/c26-20(24-13-11-16-6-4-5-12-23-16)15-9-10-18-19(14-15)22(28)25(21(18)27)17-7-2-1-3-8-17/h1-3,7-10,14,16,23H,4-6,11-13H2,(H,24,26). The molecule has 1 atom stereocenters. The van der Waals surface area contributed by atoms with E-state index in [0.717, 1.165) is 24.3 Å². The average Bonchev–Trinajstić information content (AvgIpc) is 2.99. The van der Waals surface area contributed by atoms with Crippen LogP contribution in [0.5, 0.6) is 0 Å². The van der Waals surface area contributed by atoms with Gasteiger partial charge in [0.05, 0.1) is 16.8 Å². The molecule has 0 aliphatic carbocycles. The van der Waals surface area contributed by atoms with Crippen LogP contribution in [-0.4, -0.2) is 36.9 Å². The van der Waals surface area contributed by atoms with E-state index in [1.807, 2.05) is 6.07 Å². The molecule has 1 fully saturated rings. The van der Waals surface area contributed by atoms with Crippen molar-refractivity contribution >= 4 is 23.4 Å². The molecule has 0 spiro atoms. The Labute approximate surface area is 163 Å². The third kappa shape index (κ3) is 3.55. The molecule has 6 heteroatoms. The molecule has 0 bridgehead atoms. The fourth-order valence-electron chi connectivity index (χ4n) is 3.83. The third-order valence-electron chi connectivity index (χ3n) is 5.35. The Hall–Kier alpha value is -2.99. The summed E-state index contributed by atoms with van der Waals surface area (Å²) in [5.74, 6) is -0.981. The number of para-hydroxylation sites is 1. The molecule has 2 N–H and O–H groups in total. The second kappa shape index (κ2) is 7.94. The molecule has 0 aromatic heterocycles. The van der Waals surface area contributed by atoms with Crippen molar-refractivity contribution in [2.24, 2.45) is 0 Å². The number of carbonyl (C=O) groups is 3. The Morgan fingerprint density at radius 1 is 1.04 bits per heavy atom. The Bertz CT molecular complexity index is 904. The van der Waals surface area contributed by atoms with Crippen molar-refractivity contribution in [3.05, 3.63) is 65.2 Å². The molecule has 2 aliphatic rings. The number of imide groups is 1. The summed E-state index contributed by atoms with van der Waals surface area (Å²) in [7, 11) is 0. The Morgan fingerprint density at radius 3 is 2.57 bits per heavy atom. The second-order valence-electron chi connectivity index (χ2n) is 7.23. The van der Waals surface area contributed by atoms with Crippen molar-refractivity contribution < 1.29 is 14.4 Å². The van der Waals surface area contributed by atoms with Gasteiger partial charge in [0.2, 0.25) is 0 Å². The number of carbonyl (C=O) groups excluding carboxylic acids is 3. The molecular weight excluding hydrogens is 354 g/mol. The predicted molar refractivity (Wildman–Crippen MR) is 107 cm³/mol. The van der Waals surface area contributed by atoms with E-state index in [1.54, 1.807) is 36.4 Å². The number of nitrogens with one attached hydrogen (secondary N) is 2. The highest BCUT2D eigenvalue weighted by Crippen LogP contribution is 2.28. The molecule has 1 saturated heterocycles. The molecule has 144 valence electrons. The summed E-state index contributed by atoms with van der Waals surface area (Å²) in [6.45, 7) is 1.62. The first-order valence-corrected chi connectivity index (χ1v) is 9.74. The van der Waals surface area contributed by atoms with Gasteiger partial charge in [-0.15, -0.1) is 0 Å². The van der Waals surface area contributed by atoms with Crippen LogP contribution < -0.4 is 15.5 Å². The van der Waals surface area contributed by atoms with Gasteiger partial charge in [-0.3, -0.25) is 14.4 Å². The number of rotatable bonds is 5. The van der Waals surface area contributed by atoms with Crippen LogP contribution in [0, 0.1) is 0 Å². The second-order valence-corrected chi connectivity index (χ2v) is 7.23. The molecule has 28 heavy (non-hydrogen) atoms. The van der Waals surface area contributed by atoms with Gasteiger partial charge in [0.1, 0.15) is 0 Å². The Morgan fingerprint density at radius 2 is 1.82 bits per heavy atom. The largest absolute Gasteiger partial charge is 0.352 e. The van der Waals surface area contributed by atoms with E-state index < -0.39 is 5.91 Å². The van der Waals surface area contributed by atoms with Crippen LogP contribution in [0.2, 0.25) is 0 Å². The highest BCUT2D eigenvalue weighted by Gasteiger charge is 2.37. The summed E-state index contributed by atoms with van der Waals surface area (Å²) in [5.41, 5.74) is 1.53. The summed E-state index contributed by atoms with van der Waals surface area (Å²) in [6, 6.07) is 14.0. The van der Waals surface area contributed by atoms with Gasteiger partial charge in [-0.2, -0.15) is 0 Å². The maximum absolute atomic E-state index is 12.8. The van der Waals surface area contributed by atoms with Gasteiger partial charge in [-0.1, -0.05) is 24.6 Å². The minimum absolute atomic E-state index is 0.225. The molecule has 2 heterocycles.